The third-order valence-corrected chi connectivity index (χ3v) is 2.76. The standard InChI is InChI=1S/C11H18N2/c1-2-7-12(6-1)10-5-11-13-8-3-4-9-13/h1-2,6-7H,3-5,8-11H2. The Bertz CT molecular complexity index is 222. The van der Waals surface area contributed by atoms with E-state index >= 15 is 0 Å². The van der Waals surface area contributed by atoms with E-state index in [0.717, 1.165) is 0 Å². The van der Waals surface area contributed by atoms with Gasteiger partial charge in [0.05, 0.1) is 0 Å². The van der Waals surface area contributed by atoms with Crippen molar-refractivity contribution < 1.29 is 0 Å². The smallest absolute Gasteiger partial charge is 0.0231 e. The summed E-state index contributed by atoms with van der Waals surface area (Å²) in [5.41, 5.74) is 0. The van der Waals surface area contributed by atoms with Crippen LogP contribution in [0.15, 0.2) is 24.5 Å². The maximum Gasteiger partial charge on any atom is 0.0231 e. The molecule has 2 heteroatoms. The summed E-state index contributed by atoms with van der Waals surface area (Å²) in [5.74, 6) is 0. The zero-order valence-electron chi connectivity index (χ0n) is 8.15. The predicted octanol–water partition coefficient (Wildman–Crippen LogP) is 1.97. The van der Waals surface area contributed by atoms with Gasteiger partial charge in [0.25, 0.3) is 0 Å². The number of rotatable bonds is 4. The molecule has 1 aliphatic heterocycles. The molecule has 0 aliphatic carbocycles. The number of likely N-dealkylation sites (tertiary alicyclic amines) is 1. The molecule has 0 spiro atoms. The third kappa shape index (κ3) is 2.59. The summed E-state index contributed by atoms with van der Waals surface area (Å²) in [7, 11) is 0. The molecule has 1 fully saturated rings. The van der Waals surface area contributed by atoms with Gasteiger partial charge in [-0.05, 0) is 51.0 Å². The molecule has 0 N–H and O–H groups in total. The van der Waals surface area contributed by atoms with Crippen LogP contribution in [0.4, 0.5) is 0 Å². The molecule has 0 atom stereocenters. The lowest BCUT2D eigenvalue weighted by atomic mass is 10.4. The maximum absolute atomic E-state index is 2.57. The minimum Gasteiger partial charge on any atom is -0.354 e. The van der Waals surface area contributed by atoms with Crippen LogP contribution >= 0.6 is 0 Å². The molecule has 0 aromatic carbocycles. The lowest BCUT2D eigenvalue weighted by Gasteiger charge is -2.14. The van der Waals surface area contributed by atoms with E-state index in [2.05, 4.69) is 34.0 Å². The fourth-order valence-electron chi connectivity index (χ4n) is 2.00. The molecule has 2 nitrogen and oxygen atoms in total. The number of hydrogen-bond acceptors (Lipinski definition) is 1. The molecule has 2 rings (SSSR count). The van der Waals surface area contributed by atoms with Crippen LogP contribution in [0.5, 0.6) is 0 Å². The molecule has 2 heterocycles. The van der Waals surface area contributed by atoms with E-state index in [0.29, 0.717) is 0 Å². The molecule has 1 saturated heterocycles. The summed E-state index contributed by atoms with van der Waals surface area (Å²) in [5, 5.41) is 0. The summed E-state index contributed by atoms with van der Waals surface area (Å²) in [6.07, 6.45) is 8.38. The van der Waals surface area contributed by atoms with Crippen molar-refractivity contribution in [3.63, 3.8) is 0 Å². The lowest BCUT2D eigenvalue weighted by Crippen LogP contribution is -2.21. The molecular formula is C11H18N2. The van der Waals surface area contributed by atoms with Gasteiger partial charge in [0.2, 0.25) is 0 Å². The van der Waals surface area contributed by atoms with Crippen molar-refractivity contribution in [3.05, 3.63) is 24.5 Å². The van der Waals surface area contributed by atoms with E-state index in [4.69, 9.17) is 0 Å². The molecule has 1 aromatic rings. The third-order valence-electron chi connectivity index (χ3n) is 2.76. The van der Waals surface area contributed by atoms with Crippen molar-refractivity contribution in [1.82, 2.24) is 9.47 Å². The van der Waals surface area contributed by atoms with Gasteiger partial charge in [-0.15, -0.1) is 0 Å². The van der Waals surface area contributed by atoms with Crippen LogP contribution in [0.25, 0.3) is 0 Å². The van der Waals surface area contributed by atoms with Crippen molar-refractivity contribution in [2.75, 3.05) is 19.6 Å². The van der Waals surface area contributed by atoms with Crippen LogP contribution in [-0.4, -0.2) is 29.1 Å². The Labute approximate surface area is 80.2 Å². The quantitative estimate of drug-likeness (QED) is 0.684. The second-order valence-corrected chi connectivity index (χ2v) is 3.82. The highest BCUT2D eigenvalue weighted by atomic mass is 15.1. The Morgan fingerprint density at radius 1 is 0.923 bits per heavy atom. The average Bonchev–Trinajstić information content (AvgIpc) is 2.75. The Kier molecular flexibility index (Phi) is 3.03. The summed E-state index contributed by atoms with van der Waals surface area (Å²) >= 11 is 0. The first kappa shape index (κ1) is 8.82. The van der Waals surface area contributed by atoms with E-state index in [1.54, 1.807) is 0 Å². The predicted molar refractivity (Wildman–Crippen MR) is 54.7 cm³/mol. The van der Waals surface area contributed by atoms with Crippen LogP contribution in [0, 0.1) is 0 Å². The second kappa shape index (κ2) is 4.47. The minimum absolute atomic E-state index is 1.17. The molecule has 0 radical (unpaired) electrons. The molecule has 0 unspecified atom stereocenters. The highest BCUT2D eigenvalue weighted by Crippen LogP contribution is 2.07. The molecule has 72 valence electrons. The van der Waals surface area contributed by atoms with E-state index in [1.807, 2.05) is 0 Å². The molecular weight excluding hydrogens is 160 g/mol. The molecule has 0 saturated carbocycles. The molecule has 1 aliphatic rings. The number of nitrogens with zero attached hydrogens (tertiary/aromatic N) is 2. The van der Waals surface area contributed by atoms with Crippen LogP contribution < -0.4 is 0 Å². The topological polar surface area (TPSA) is 8.17 Å². The highest BCUT2D eigenvalue weighted by molar-refractivity contribution is 4.90. The Balaban J connectivity index is 1.63. The number of aryl methyl sites for hydroxylation is 1. The van der Waals surface area contributed by atoms with Crippen molar-refractivity contribution in [2.24, 2.45) is 0 Å². The van der Waals surface area contributed by atoms with Gasteiger partial charge >= 0.3 is 0 Å². The van der Waals surface area contributed by atoms with Crippen molar-refractivity contribution in [3.8, 4) is 0 Å². The zero-order valence-corrected chi connectivity index (χ0v) is 8.15. The second-order valence-electron chi connectivity index (χ2n) is 3.82. The van der Waals surface area contributed by atoms with E-state index in [1.165, 1.54) is 45.4 Å². The maximum atomic E-state index is 2.57. The fraction of sp³-hybridized carbons (Fsp3) is 0.636. The summed E-state index contributed by atoms with van der Waals surface area (Å²) in [6, 6.07) is 4.19. The van der Waals surface area contributed by atoms with Gasteiger partial charge in [-0.25, -0.2) is 0 Å². The summed E-state index contributed by atoms with van der Waals surface area (Å²) in [6.45, 7) is 5.10. The first-order chi connectivity index (χ1) is 6.45. The fourth-order valence-corrected chi connectivity index (χ4v) is 2.00. The van der Waals surface area contributed by atoms with Gasteiger partial charge in [-0.1, -0.05) is 0 Å². The van der Waals surface area contributed by atoms with Crippen molar-refractivity contribution in [2.45, 2.75) is 25.8 Å². The van der Waals surface area contributed by atoms with Crippen molar-refractivity contribution >= 4 is 0 Å². The Hall–Kier alpha value is -0.760. The van der Waals surface area contributed by atoms with E-state index in [9.17, 15) is 0 Å². The van der Waals surface area contributed by atoms with Gasteiger partial charge in [0, 0.05) is 18.9 Å². The van der Waals surface area contributed by atoms with Crippen LogP contribution in [0.1, 0.15) is 19.3 Å². The SMILES string of the molecule is c1ccn(CCCN2CCCC2)c1. The normalized spacial score (nSPS) is 18.2. The van der Waals surface area contributed by atoms with Crippen LogP contribution in [0.3, 0.4) is 0 Å². The van der Waals surface area contributed by atoms with Gasteiger partial charge in [-0.2, -0.15) is 0 Å². The first-order valence-electron chi connectivity index (χ1n) is 5.28. The van der Waals surface area contributed by atoms with E-state index in [-0.39, 0.29) is 0 Å². The average molecular weight is 178 g/mol. The van der Waals surface area contributed by atoms with Crippen molar-refractivity contribution in [1.29, 1.82) is 0 Å². The molecule has 0 bridgehead atoms. The molecule has 1 aromatic heterocycles. The zero-order chi connectivity index (χ0) is 8.93. The first-order valence-corrected chi connectivity index (χ1v) is 5.28. The van der Waals surface area contributed by atoms with Crippen LogP contribution in [-0.2, 0) is 6.54 Å². The molecule has 13 heavy (non-hydrogen) atoms. The number of hydrogen-bond donors (Lipinski definition) is 0. The lowest BCUT2D eigenvalue weighted by molar-refractivity contribution is 0.325. The summed E-state index contributed by atoms with van der Waals surface area (Å²) < 4.78 is 2.26. The highest BCUT2D eigenvalue weighted by Gasteiger charge is 2.09. The van der Waals surface area contributed by atoms with Gasteiger partial charge in [0.1, 0.15) is 0 Å². The Morgan fingerprint density at radius 2 is 1.62 bits per heavy atom. The molecule has 0 amide bonds. The summed E-state index contributed by atoms with van der Waals surface area (Å²) in [4.78, 5) is 2.57. The van der Waals surface area contributed by atoms with Gasteiger partial charge < -0.3 is 9.47 Å². The monoisotopic (exact) mass is 178 g/mol. The van der Waals surface area contributed by atoms with Gasteiger partial charge in [0.15, 0.2) is 0 Å². The van der Waals surface area contributed by atoms with Crippen LogP contribution in [0.2, 0.25) is 0 Å². The Morgan fingerprint density at radius 3 is 2.31 bits per heavy atom. The minimum atomic E-state index is 1.17. The van der Waals surface area contributed by atoms with E-state index < -0.39 is 0 Å². The van der Waals surface area contributed by atoms with Gasteiger partial charge in [-0.3, -0.25) is 0 Å². The number of aromatic nitrogens is 1. The largest absolute Gasteiger partial charge is 0.354 e.